The van der Waals surface area contributed by atoms with E-state index in [1.165, 1.54) is 12.1 Å². The number of esters is 2. The van der Waals surface area contributed by atoms with E-state index in [1.54, 1.807) is 77.9 Å². The van der Waals surface area contributed by atoms with Gasteiger partial charge in [0.05, 0.1) is 30.0 Å². The van der Waals surface area contributed by atoms with Crippen molar-refractivity contribution in [2.24, 2.45) is 10.8 Å². The molecule has 2 aromatic rings. The molecule has 1 unspecified atom stereocenters. The lowest BCUT2D eigenvalue weighted by molar-refractivity contribution is -0.145. The first-order valence-electron chi connectivity index (χ1n) is 14.7. The Bertz CT molecular complexity index is 1370. The van der Waals surface area contributed by atoms with Crippen LogP contribution in [0.4, 0.5) is 0 Å². The molecule has 2 rings (SSSR count). The number of halogens is 1. The Morgan fingerprint density at radius 1 is 0.717 bits per heavy atom. The summed E-state index contributed by atoms with van der Waals surface area (Å²) in [5.41, 5.74) is -1.44. The summed E-state index contributed by atoms with van der Waals surface area (Å²) in [5.74, 6) is -2.32. The number of β-amino-alcohol motifs (C(OH)–C–C–N with tert-alkyl or cyclic N) is 1. The molecule has 5 N–H and O–H groups in total. The second kappa shape index (κ2) is 17.2. The van der Waals surface area contributed by atoms with Crippen molar-refractivity contribution in [3.63, 3.8) is 0 Å². The molecule has 13 heteroatoms. The van der Waals surface area contributed by atoms with Crippen LogP contribution in [0.5, 0.6) is 11.5 Å². The molecule has 46 heavy (non-hydrogen) atoms. The lowest BCUT2D eigenvalue weighted by Gasteiger charge is -2.28. The highest BCUT2D eigenvalue weighted by atomic mass is 79.9. The van der Waals surface area contributed by atoms with Crippen molar-refractivity contribution < 1.29 is 38.6 Å². The topological polar surface area (TPSA) is 172 Å². The number of aliphatic hydroxyl groups is 1. The third kappa shape index (κ3) is 13.7. The number of ether oxygens (including phenoxy) is 2. The molecule has 0 aliphatic carbocycles. The molecule has 0 heterocycles. The van der Waals surface area contributed by atoms with Crippen molar-refractivity contribution in [3.8, 4) is 11.5 Å². The van der Waals surface area contributed by atoms with Gasteiger partial charge in [-0.15, -0.1) is 17.0 Å². The van der Waals surface area contributed by atoms with Crippen LogP contribution in [0, 0.1) is 10.8 Å². The summed E-state index contributed by atoms with van der Waals surface area (Å²) in [7, 11) is 0. The predicted molar refractivity (Wildman–Crippen MR) is 179 cm³/mol. The maximum Gasteiger partial charge on any atom is 0.316 e. The van der Waals surface area contributed by atoms with Gasteiger partial charge in [-0.3, -0.25) is 24.0 Å². The smallest absolute Gasteiger partial charge is 0.316 e. The van der Waals surface area contributed by atoms with Crippen molar-refractivity contribution in [3.05, 3.63) is 59.7 Å². The first kappa shape index (κ1) is 40.2. The van der Waals surface area contributed by atoms with E-state index >= 15 is 0 Å². The average Bonchev–Trinajstić information content (AvgIpc) is 2.96. The zero-order valence-electron chi connectivity index (χ0n) is 27.7. The molecule has 1 atom stereocenters. The summed E-state index contributed by atoms with van der Waals surface area (Å²) >= 11 is 0. The van der Waals surface area contributed by atoms with Crippen molar-refractivity contribution >= 4 is 46.6 Å². The van der Waals surface area contributed by atoms with E-state index in [-0.39, 0.29) is 54.7 Å². The molecule has 254 valence electrons. The molecule has 12 nitrogen and oxygen atoms in total. The SMILES string of the molecule is Br.CC(C)(CNC(=O)CNC(=O)CNC(=O)c1ccccc1)NCC(O)c1ccc(OC(=O)C(C)(C)C)c(OC(=O)C(C)(C)C)c1. The summed E-state index contributed by atoms with van der Waals surface area (Å²) in [6, 6.07) is 13.0. The normalized spacial score (nSPS) is 12.2. The Labute approximate surface area is 281 Å². The third-order valence-electron chi connectivity index (χ3n) is 6.38. The molecule has 0 aliphatic rings. The van der Waals surface area contributed by atoms with E-state index in [0.29, 0.717) is 11.1 Å². The van der Waals surface area contributed by atoms with Gasteiger partial charge in [0.15, 0.2) is 11.5 Å². The molecule has 0 radical (unpaired) electrons. The predicted octanol–water partition coefficient (Wildman–Crippen LogP) is 3.23. The van der Waals surface area contributed by atoms with Gasteiger partial charge in [-0.1, -0.05) is 24.3 Å². The zero-order chi connectivity index (χ0) is 34.0. The Morgan fingerprint density at radius 2 is 1.24 bits per heavy atom. The van der Waals surface area contributed by atoms with Gasteiger partial charge in [-0.2, -0.15) is 0 Å². The number of aliphatic hydroxyl groups excluding tert-OH is 1. The van der Waals surface area contributed by atoms with Gasteiger partial charge in [0, 0.05) is 24.2 Å². The van der Waals surface area contributed by atoms with E-state index in [0.717, 1.165) is 0 Å². The molecule has 0 aliphatic heterocycles. The molecule has 0 aromatic heterocycles. The highest BCUT2D eigenvalue weighted by Crippen LogP contribution is 2.34. The van der Waals surface area contributed by atoms with Gasteiger partial charge < -0.3 is 35.8 Å². The minimum absolute atomic E-state index is 0. The average molecular weight is 708 g/mol. The van der Waals surface area contributed by atoms with Gasteiger partial charge >= 0.3 is 11.9 Å². The van der Waals surface area contributed by atoms with Crippen molar-refractivity contribution in [1.29, 1.82) is 0 Å². The Hall–Kier alpha value is -3.81. The minimum Gasteiger partial charge on any atom is -0.422 e. The van der Waals surface area contributed by atoms with E-state index in [1.807, 2.05) is 13.8 Å². The number of rotatable bonds is 13. The fourth-order valence-corrected chi connectivity index (χ4v) is 3.43. The Kier molecular flexibility index (Phi) is 15.0. The summed E-state index contributed by atoms with van der Waals surface area (Å²) in [5, 5.41) is 21.8. The second-order valence-corrected chi connectivity index (χ2v) is 13.4. The van der Waals surface area contributed by atoms with Gasteiger partial charge in [-0.05, 0) is 85.2 Å². The summed E-state index contributed by atoms with van der Waals surface area (Å²) in [4.78, 5) is 61.5. The minimum atomic E-state index is -1.04. The highest BCUT2D eigenvalue weighted by Gasteiger charge is 2.29. The quantitative estimate of drug-likeness (QED) is 0.155. The van der Waals surface area contributed by atoms with Crippen molar-refractivity contribution in [2.75, 3.05) is 26.2 Å². The van der Waals surface area contributed by atoms with E-state index in [4.69, 9.17) is 9.47 Å². The number of benzene rings is 2. The van der Waals surface area contributed by atoms with Gasteiger partial charge in [-0.25, -0.2) is 0 Å². The van der Waals surface area contributed by atoms with E-state index in [2.05, 4.69) is 21.3 Å². The number of nitrogens with one attached hydrogen (secondary N) is 4. The number of carbonyl (C=O) groups excluding carboxylic acids is 5. The Balaban J connectivity index is 0.0000106. The number of hydrogen-bond acceptors (Lipinski definition) is 9. The van der Waals surface area contributed by atoms with Crippen LogP contribution in [0.25, 0.3) is 0 Å². The lowest BCUT2D eigenvalue weighted by Crippen LogP contribution is -2.51. The number of carbonyl (C=O) groups is 5. The van der Waals surface area contributed by atoms with Crippen LogP contribution in [0.2, 0.25) is 0 Å². The van der Waals surface area contributed by atoms with Crippen LogP contribution in [-0.2, 0) is 19.2 Å². The summed E-state index contributed by atoms with van der Waals surface area (Å²) < 4.78 is 11.1. The van der Waals surface area contributed by atoms with Gasteiger partial charge in [0.25, 0.3) is 5.91 Å². The standard InChI is InChI=1S/C33H46N4O8.BrH/c1-31(2,3)29(42)44-24-15-14-22(16-25(24)45-30(43)32(4,5)6)23(38)17-37-33(7,8)20-36-27(40)18-34-26(39)19-35-28(41)21-12-10-9-11-13-21;/h9-16,23,37-38H,17-20H2,1-8H3,(H,34,39)(H,35,41)(H,36,40);1H. The fraction of sp³-hybridized carbons (Fsp3) is 0.485. The van der Waals surface area contributed by atoms with Crippen LogP contribution in [0.15, 0.2) is 48.5 Å². The number of hydrogen-bond donors (Lipinski definition) is 5. The van der Waals surface area contributed by atoms with Crippen LogP contribution in [-0.4, -0.2) is 66.5 Å². The van der Waals surface area contributed by atoms with E-state index < -0.39 is 52.1 Å². The summed E-state index contributed by atoms with van der Waals surface area (Å²) in [6.07, 6.45) is -1.04. The monoisotopic (exact) mass is 706 g/mol. The number of amides is 3. The van der Waals surface area contributed by atoms with E-state index in [9.17, 15) is 29.1 Å². The van der Waals surface area contributed by atoms with Crippen LogP contribution < -0.4 is 30.7 Å². The fourth-order valence-electron chi connectivity index (χ4n) is 3.43. The molecular weight excluding hydrogens is 660 g/mol. The molecule has 3 amide bonds. The molecular formula is C33H47BrN4O8. The van der Waals surface area contributed by atoms with Gasteiger partial charge in [0.2, 0.25) is 11.8 Å². The molecule has 0 saturated carbocycles. The molecule has 0 bridgehead atoms. The van der Waals surface area contributed by atoms with Crippen molar-refractivity contribution in [2.45, 2.75) is 67.0 Å². The summed E-state index contributed by atoms with van der Waals surface area (Å²) in [6.45, 7) is 13.5. The largest absolute Gasteiger partial charge is 0.422 e. The third-order valence-corrected chi connectivity index (χ3v) is 6.38. The molecule has 2 aromatic carbocycles. The Morgan fingerprint density at radius 3 is 1.80 bits per heavy atom. The molecule has 0 spiro atoms. The van der Waals surface area contributed by atoms with Crippen molar-refractivity contribution in [1.82, 2.24) is 21.3 Å². The zero-order valence-corrected chi connectivity index (χ0v) is 29.5. The van der Waals surface area contributed by atoms with Crippen LogP contribution in [0.1, 0.15) is 77.4 Å². The second-order valence-electron chi connectivity index (χ2n) is 13.4. The van der Waals surface area contributed by atoms with Gasteiger partial charge in [0.1, 0.15) is 0 Å². The highest BCUT2D eigenvalue weighted by molar-refractivity contribution is 8.93. The molecule has 0 fully saturated rings. The first-order valence-corrected chi connectivity index (χ1v) is 14.7. The maximum atomic E-state index is 12.6. The molecule has 0 saturated heterocycles. The van der Waals surface area contributed by atoms with Crippen LogP contribution in [0.3, 0.4) is 0 Å². The van der Waals surface area contributed by atoms with Crippen LogP contribution >= 0.6 is 17.0 Å². The maximum absolute atomic E-state index is 12.6. The lowest BCUT2D eigenvalue weighted by atomic mass is 9.97. The first-order chi connectivity index (χ1) is 20.8.